The molecule has 1 heterocycles. The molecule has 1 aromatic rings. The molecule has 94 valence electrons. The molecule has 4 nitrogen and oxygen atoms in total. The van der Waals surface area contributed by atoms with Crippen LogP contribution in [-0.2, 0) is 0 Å². The zero-order chi connectivity index (χ0) is 12.3. The van der Waals surface area contributed by atoms with E-state index in [2.05, 4.69) is 4.90 Å². The molecule has 0 aliphatic carbocycles. The van der Waals surface area contributed by atoms with Crippen LogP contribution in [0, 0.1) is 0 Å². The minimum absolute atomic E-state index is 0.265. The van der Waals surface area contributed by atoms with Crippen LogP contribution in [0.5, 0.6) is 11.5 Å². The number of ether oxygens (including phenoxy) is 2. The van der Waals surface area contributed by atoms with Gasteiger partial charge in [-0.15, -0.1) is 0 Å². The van der Waals surface area contributed by atoms with E-state index in [1.54, 1.807) is 14.2 Å². The van der Waals surface area contributed by atoms with Gasteiger partial charge in [0.1, 0.15) is 11.5 Å². The maximum absolute atomic E-state index is 6.00. The second-order valence-electron chi connectivity index (χ2n) is 4.42. The first kappa shape index (κ1) is 12.0. The number of benzene rings is 1. The Morgan fingerprint density at radius 2 is 1.82 bits per heavy atom. The molecule has 1 aliphatic heterocycles. The van der Waals surface area contributed by atoms with Crippen molar-refractivity contribution in [1.29, 1.82) is 0 Å². The Bertz CT molecular complexity index is 359. The molecule has 0 bridgehead atoms. The van der Waals surface area contributed by atoms with Crippen molar-refractivity contribution in [3.63, 3.8) is 0 Å². The van der Waals surface area contributed by atoms with Crippen LogP contribution in [0.2, 0.25) is 0 Å². The fourth-order valence-corrected chi connectivity index (χ4v) is 2.22. The third-order valence-electron chi connectivity index (χ3n) is 3.16. The van der Waals surface area contributed by atoms with Gasteiger partial charge in [-0.25, -0.2) is 0 Å². The number of methoxy groups -OCH3 is 2. The van der Waals surface area contributed by atoms with E-state index >= 15 is 0 Å². The van der Waals surface area contributed by atoms with Crippen molar-refractivity contribution in [2.45, 2.75) is 18.9 Å². The van der Waals surface area contributed by atoms with Crippen molar-refractivity contribution >= 4 is 5.69 Å². The fraction of sp³-hybridized carbons (Fsp3) is 0.538. The molecular weight excluding hydrogens is 216 g/mol. The number of hydrogen-bond donors (Lipinski definition) is 1. The smallest absolute Gasteiger partial charge is 0.124 e. The summed E-state index contributed by atoms with van der Waals surface area (Å²) in [6.07, 6.45) is 2.25. The van der Waals surface area contributed by atoms with Crippen LogP contribution in [0.1, 0.15) is 12.8 Å². The van der Waals surface area contributed by atoms with E-state index in [9.17, 15) is 0 Å². The fourth-order valence-electron chi connectivity index (χ4n) is 2.22. The lowest BCUT2D eigenvalue weighted by Crippen LogP contribution is -2.42. The molecule has 1 unspecified atom stereocenters. The molecule has 1 aliphatic rings. The average molecular weight is 236 g/mol. The molecule has 17 heavy (non-hydrogen) atoms. The molecule has 1 saturated heterocycles. The highest BCUT2D eigenvalue weighted by atomic mass is 16.5. The molecule has 0 aromatic heterocycles. The summed E-state index contributed by atoms with van der Waals surface area (Å²) >= 11 is 0. The van der Waals surface area contributed by atoms with Crippen LogP contribution in [0.25, 0.3) is 0 Å². The Balaban J connectivity index is 2.23. The molecule has 1 atom stereocenters. The number of rotatable bonds is 3. The third kappa shape index (κ3) is 2.82. The van der Waals surface area contributed by atoms with Gasteiger partial charge in [-0.3, -0.25) is 0 Å². The number of nitrogens with zero attached hydrogens (tertiary/aromatic N) is 1. The van der Waals surface area contributed by atoms with E-state index in [-0.39, 0.29) is 6.04 Å². The Morgan fingerprint density at radius 3 is 2.35 bits per heavy atom. The van der Waals surface area contributed by atoms with Gasteiger partial charge in [0.25, 0.3) is 0 Å². The van der Waals surface area contributed by atoms with Crippen LogP contribution in [0.3, 0.4) is 0 Å². The van der Waals surface area contributed by atoms with Gasteiger partial charge in [0.05, 0.1) is 14.2 Å². The molecule has 0 spiro atoms. The van der Waals surface area contributed by atoms with Crippen molar-refractivity contribution in [2.24, 2.45) is 5.73 Å². The number of nitrogens with two attached hydrogens (primary N) is 1. The molecule has 1 fully saturated rings. The standard InChI is InChI=1S/C13H20N2O2/c1-16-12-6-11(7-13(8-12)17-2)15-5-3-4-10(14)9-15/h6-8,10H,3-5,9,14H2,1-2H3. The molecule has 2 rings (SSSR count). The third-order valence-corrected chi connectivity index (χ3v) is 3.16. The molecule has 4 heteroatoms. The van der Waals surface area contributed by atoms with Crippen molar-refractivity contribution in [2.75, 3.05) is 32.2 Å². The summed E-state index contributed by atoms with van der Waals surface area (Å²) in [5, 5.41) is 0. The minimum atomic E-state index is 0.265. The first-order valence-corrected chi connectivity index (χ1v) is 5.96. The maximum atomic E-state index is 6.00. The first-order chi connectivity index (χ1) is 8.22. The van der Waals surface area contributed by atoms with Crippen molar-refractivity contribution < 1.29 is 9.47 Å². The lowest BCUT2D eigenvalue weighted by molar-refractivity contribution is 0.393. The van der Waals surface area contributed by atoms with Gasteiger partial charge >= 0.3 is 0 Å². The second-order valence-corrected chi connectivity index (χ2v) is 4.42. The van der Waals surface area contributed by atoms with E-state index in [1.165, 1.54) is 0 Å². The topological polar surface area (TPSA) is 47.7 Å². The summed E-state index contributed by atoms with van der Waals surface area (Å²) in [5.41, 5.74) is 7.12. The van der Waals surface area contributed by atoms with Gasteiger partial charge < -0.3 is 20.1 Å². The van der Waals surface area contributed by atoms with Crippen molar-refractivity contribution in [3.8, 4) is 11.5 Å². The highest BCUT2D eigenvalue weighted by molar-refractivity contribution is 5.56. The van der Waals surface area contributed by atoms with Gasteiger partial charge in [-0.05, 0) is 12.8 Å². The summed E-state index contributed by atoms with van der Waals surface area (Å²) in [5.74, 6) is 1.64. The average Bonchev–Trinajstić information content (AvgIpc) is 2.38. The Kier molecular flexibility index (Phi) is 3.74. The van der Waals surface area contributed by atoms with E-state index in [0.29, 0.717) is 0 Å². The first-order valence-electron chi connectivity index (χ1n) is 5.96. The van der Waals surface area contributed by atoms with E-state index in [4.69, 9.17) is 15.2 Å². The van der Waals surface area contributed by atoms with E-state index in [0.717, 1.165) is 43.1 Å². The number of anilines is 1. The second kappa shape index (κ2) is 5.27. The molecule has 0 amide bonds. The van der Waals surface area contributed by atoms with Crippen LogP contribution in [0.4, 0.5) is 5.69 Å². The Morgan fingerprint density at radius 1 is 1.18 bits per heavy atom. The summed E-state index contributed by atoms with van der Waals surface area (Å²) in [7, 11) is 3.33. The predicted molar refractivity (Wildman–Crippen MR) is 69.0 cm³/mol. The Labute approximate surface area is 102 Å². The summed E-state index contributed by atoms with van der Waals surface area (Å²) < 4.78 is 10.6. The number of hydrogen-bond acceptors (Lipinski definition) is 4. The largest absolute Gasteiger partial charge is 0.497 e. The highest BCUT2D eigenvalue weighted by Gasteiger charge is 2.18. The van der Waals surface area contributed by atoms with Crippen molar-refractivity contribution in [3.05, 3.63) is 18.2 Å². The minimum Gasteiger partial charge on any atom is -0.497 e. The summed E-state index contributed by atoms with van der Waals surface area (Å²) in [4.78, 5) is 2.29. The zero-order valence-corrected chi connectivity index (χ0v) is 10.5. The summed E-state index contributed by atoms with van der Waals surface area (Å²) in [6, 6.07) is 6.20. The quantitative estimate of drug-likeness (QED) is 0.866. The van der Waals surface area contributed by atoms with Crippen LogP contribution >= 0.6 is 0 Å². The lowest BCUT2D eigenvalue weighted by atomic mass is 10.1. The van der Waals surface area contributed by atoms with Crippen LogP contribution < -0.4 is 20.1 Å². The normalized spacial score (nSPS) is 20.2. The predicted octanol–water partition coefficient (Wildman–Crippen LogP) is 1.63. The SMILES string of the molecule is COc1cc(OC)cc(N2CCCC(N)C2)c1. The van der Waals surface area contributed by atoms with Gasteiger partial charge in [0.15, 0.2) is 0 Å². The van der Waals surface area contributed by atoms with E-state index in [1.807, 2.05) is 18.2 Å². The highest BCUT2D eigenvalue weighted by Crippen LogP contribution is 2.29. The van der Waals surface area contributed by atoms with Gasteiger partial charge in [-0.2, -0.15) is 0 Å². The van der Waals surface area contributed by atoms with Gasteiger partial charge in [0.2, 0.25) is 0 Å². The zero-order valence-electron chi connectivity index (χ0n) is 10.5. The van der Waals surface area contributed by atoms with Crippen molar-refractivity contribution in [1.82, 2.24) is 0 Å². The molecule has 0 radical (unpaired) electrons. The van der Waals surface area contributed by atoms with Gasteiger partial charge in [-0.1, -0.05) is 0 Å². The maximum Gasteiger partial charge on any atom is 0.124 e. The van der Waals surface area contributed by atoms with Gasteiger partial charge in [0, 0.05) is 43.0 Å². The Hall–Kier alpha value is -1.42. The molecule has 2 N–H and O–H groups in total. The molecular formula is C13H20N2O2. The lowest BCUT2D eigenvalue weighted by Gasteiger charge is -2.33. The summed E-state index contributed by atoms with van der Waals surface area (Å²) in [6.45, 7) is 1.94. The van der Waals surface area contributed by atoms with E-state index < -0.39 is 0 Å². The van der Waals surface area contributed by atoms with Crippen LogP contribution in [-0.4, -0.2) is 33.4 Å². The van der Waals surface area contributed by atoms with Crippen LogP contribution in [0.15, 0.2) is 18.2 Å². The molecule has 0 saturated carbocycles. The molecule has 1 aromatic carbocycles. The monoisotopic (exact) mass is 236 g/mol. The number of piperidine rings is 1.